The monoisotopic (exact) mass is 416 g/mol. The summed E-state index contributed by atoms with van der Waals surface area (Å²) in [6, 6.07) is 14.4. The highest BCUT2D eigenvalue weighted by molar-refractivity contribution is 6.10. The Kier molecular flexibility index (Phi) is 4.28. The summed E-state index contributed by atoms with van der Waals surface area (Å²) in [7, 11) is 1.60. The maximum atomic E-state index is 14.4. The number of hydrogen-bond donors (Lipinski definition) is 1. The number of aromatic nitrogens is 1. The van der Waals surface area contributed by atoms with Gasteiger partial charge in [0.15, 0.2) is 5.96 Å². The molecule has 2 aliphatic rings. The summed E-state index contributed by atoms with van der Waals surface area (Å²) in [5.74, 6) is 0.324. The van der Waals surface area contributed by atoms with Crippen LogP contribution in [0, 0.1) is 5.95 Å². The topological polar surface area (TPSA) is 80.8 Å². The Bertz CT molecular complexity index is 1260. The van der Waals surface area contributed by atoms with Gasteiger partial charge in [0.1, 0.15) is 11.5 Å². The number of halogens is 1. The average Bonchev–Trinajstić information content (AvgIpc) is 3.00. The van der Waals surface area contributed by atoms with Crippen molar-refractivity contribution in [2.24, 2.45) is 10.7 Å². The van der Waals surface area contributed by atoms with E-state index in [0.717, 1.165) is 18.4 Å². The van der Waals surface area contributed by atoms with E-state index in [4.69, 9.17) is 10.5 Å². The predicted octanol–water partition coefficient (Wildman–Crippen LogP) is 3.98. The van der Waals surface area contributed by atoms with E-state index >= 15 is 0 Å². The van der Waals surface area contributed by atoms with Crippen LogP contribution in [0.4, 0.5) is 4.39 Å². The van der Waals surface area contributed by atoms with Gasteiger partial charge in [0.05, 0.1) is 0 Å². The van der Waals surface area contributed by atoms with E-state index in [-0.39, 0.29) is 11.9 Å². The summed E-state index contributed by atoms with van der Waals surface area (Å²) in [5, 5.41) is 0. The SMILES string of the molecule is CCCc1ccc2c(c1)C1(N=C(N)N(C)C1=O)c1cc(-c3cccnc3F)ccc1O2. The molecule has 2 aliphatic heterocycles. The molecule has 0 bridgehead atoms. The number of guanidine groups is 1. The minimum Gasteiger partial charge on any atom is -0.457 e. The molecule has 31 heavy (non-hydrogen) atoms. The first-order chi connectivity index (χ1) is 15.0. The number of nitrogens with two attached hydrogens (primary N) is 1. The molecule has 3 aromatic rings. The zero-order valence-corrected chi connectivity index (χ0v) is 17.2. The molecule has 7 heteroatoms. The molecule has 1 amide bonds. The van der Waals surface area contributed by atoms with Crippen LogP contribution in [0.1, 0.15) is 30.0 Å². The van der Waals surface area contributed by atoms with Crippen molar-refractivity contribution < 1.29 is 13.9 Å². The van der Waals surface area contributed by atoms with Crippen molar-refractivity contribution in [1.29, 1.82) is 0 Å². The van der Waals surface area contributed by atoms with Crippen LogP contribution in [0.15, 0.2) is 59.7 Å². The fraction of sp³-hybridized carbons (Fsp3) is 0.208. The minimum absolute atomic E-state index is 0.127. The zero-order chi connectivity index (χ0) is 21.8. The van der Waals surface area contributed by atoms with E-state index < -0.39 is 11.5 Å². The maximum absolute atomic E-state index is 14.4. The van der Waals surface area contributed by atoms with Crippen LogP contribution >= 0.6 is 0 Å². The average molecular weight is 416 g/mol. The molecule has 156 valence electrons. The standard InChI is InChI=1S/C24H21FN4O2/c1-3-5-14-7-9-19-17(12-14)24(22(30)29(2)23(26)28-24)18-13-15(8-10-20(18)31-19)16-6-4-11-27-21(16)25/h4,6-13H,3,5H2,1-2H3,(H2,26,28). The summed E-state index contributed by atoms with van der Waals surface area (Å²) < 4.78 is 20.5. The van der Waals surface area contributed by atoms with E-state index in [9.17, 15) is 9.18 Å². The number of ether oxygens (including phenoxy) is 1. The maximum Gasteiger partial charge on any atom is 0.266 e. The molecule has 1 unspecified atom stereocenters. The van der Waals surface area contributed by atoms with Gasteiger partial charge in [-0.05, 0) is 53.9 Å². The smallest absolute Gasteiger partial charge is 0.266 e. The lowest BCUT2D eigenvalue weighted by Gasteiger charge is -2.34. The molecule has 0 aliphatic carbocycles. The van der Waals surface area contributed by atoms with Crippen LogP contribution in [0.25, 0.3) is 11.1 Å². The molecule has 0 saturated carbocycles. The molecule has 2 N–H and O–H groups in total. The summed E-state index contributed by atoms with van der Waals surface area (Å²) >= 11 is 0. The number of benzene rings is 2. The van der Waals surface area contributed by atoms with Gasteiger partial charge >= 0.3 is 0 Å². The van der Waals surface area contributed by atoms with Crippen molar-refractivity contribution in [2.45, 2.75) is 25.3 Å². The lowest BCUT2D eigenvalue weighted by molar-refractivity contribution is -0.129. The van der Waals surface area contributed by atoms with Crippen molar-refractivity contribution in [3.63, 3.8) is 0 Å². The molecule has 6 nitrogen and oxygen atoms in total. The van der Waals surface area contributed by atoms with Crippen LogP contribution < -0.4 is 10.5 Å². The van der Waals surface area contributed by atoms with Gasteiger partial charge in [-0.25, -0.2) is 9.98 Å². The fourth-order valence-electron chi connectivity index (χ4n) is 4.32. The Hall–Kier alpha value is -3.74. The summed E-state index contributed by atoms with van der Waals surface area (Å²) in [6.45, 7) is 2.10. The van der Waals surface area contributed by atoms with E-state index in [0.29, 0.717) is 33.8 Å². The highest BCUT2D eigenvalue weighted by Crippen LogP contribution is 2.52. The number of pyridine rings is 1. The number of aliphatic imine (C=N–C) groups is 1. The molecule has 2 aromatic carbocycles. The third kappa shape index (κ3) is 2.73. The van der Waals surface area contributed by atoms with Crippen molar-refractivity contribution >= 4 is 11.9 Å². The van der Waals surface area contributed by atoms with Gasteiger partial charge in [0.25, 0.3) is 5.91 Å². The molecule has 5 rings (SSSR count). The van der Waals surface area contributed by atoms with Crippen molar-refractivity contribution in [3.05, 3.63) is 77.4 Å². The Morgan fingerprint density at radius 1 is 1.13 bits per heavy atom. The molecular formula is C24H21FN4O2. The van der Waals surface area contributed by atoms with E-state index in [2.05, 4.69) is 16.9 Å². The van der Waals surface area contributed by atoms with Crippen LogP contribution in [-0.2, 0) is 16.8 Å². The molecule has 1 aromatic heterocycles. The fourth-order valence-corrected chi connectivity index (χ4v) is 4.32. The normalized spacial score (nSPS) is 19.1. The minimum atomic E-state index is -1.37. The quantitative estimate of drug-likeness (QED) is 0.655. The number of aryl methyl sites for hydroxylation is 1. The first kappa shape index (κ1) is 19.2. The van der Waals surface area contributed by atoms with E-state index in [1.807, 2.05) is 18.2 Å². The summed E-state index contributed by atoms with van der Waals surface area (Å²) in [6.07, 6.45) is 3.22. The molecule has 3 heterocycles. The summed E-state index contributed by atoms with van der Waals surface area (Å²) in [4.78, 5) is 23.3. The van der Waals surface area contributed by atoms with Gasteiger partial charge in [-0.3, -0.25) is 9.69 Å². The van der Waals surface area contributed by atoms with Gasteiger partial charge in [0, 0.05) is 29.9 Å². The number of fused-ring (bicyclic) bond motifs is 4. The van der Waals surface area contributed by atoms with Crippen LogP contribution in [0.2, 0.25) is 0 Å². The molecule has 1 spiro atoms. The first-order valence-electron chi connectivity index (χ1n) is 10.2. The number of amides is 1. The largest absolute Gasteiger partial charge is 0.457 e. The Morgan fingerprint density at radius 3 is 2.55 bits per heavy atom. The molecule has 0 fully saturated rings. The molecular weight excluding hydrogens is 395 g/mol. The van der Waals surface area contributed by atoms with E-state index in [1.165, 1.54) is 11.1 Å². The number of likely N-dealkylation sites (N-methyl/N-ethyl adjacent to an activating group) is 1. The van der Waals surface area contributed by atoms with Gasteiger partial charge in [-0.1, -0.05) is 25.5 Å². The number of carbonyl (C=O) groups excluding carboxylic acids is 1. The van der Waals surface area contributed by atoms with Gasteiger partial charge in [-0.15, -0.1) is 0 Å². The van der Waals surface area contributed by atoms with Gasteiger partial charge < -0.3 is 10.5 Å². The second kappa shape index (κ2) is 6.91. The van der Waals surface area contributed by atoms with E-state index in [1.54, 1.807) is 37.4 Å². The lowest BCUT2D eigenvalue weighted by atomic mass is 9.78. The Labute approximate surface area is 179 Å². The second-order valence-electron chi connectivity index (χ2n) is 7.78. The Morgan fingerprint density at radius 2 is 1.87 bits per heavy atom. The highest BCUT2D eigenvalue weighted by Gasteiger charge is 2.54. The third-order valence-electron chi connectivity index (χ3n) is 5.87. The predicted molar refractivity (Wildman–Crippen MR) is 115 cm³/mol. The third-order valence-corrected chi connectivity index (χ3v) is 5.87. The number of nitrogens with zero attached hydrogens (tertiary/aromatic N) is 3. The van der Waals surface area contributed by atoms with Crippen LogP contribution in [-0.4, -0.2) is 28.8 Å². The Balaban J connectivity index is 1.79. The first-order valence-corrected chi connectivity index (χ1v) is 10.2. The highest BCUT2D eigenvalue weighted by atomic mass is 19.1. The number of rotatable bonds is 3. The van der Waals surface area contributed by atoms with Gasteiger partial charge in [-0.2, -0.15) is 4.39 Å². The van der Waals surface area contributed by atoms with Crippen LogP contribution in [0.3, 0.4) is 0 Å². The van der Waals surface area contributed by atoms with Crippen LogP contribution in [0.5, 0.6) is 11.5 Å². The van der Waals surface area contributed by atoms with Crippen molar-refractivity contribution in [2.75, 3.05) is 7.05 Å². The lowest BCUT2D eigenvalue weighted by Crippen LogP contribution is -2.42. The number of hydrogen-bond acceptors (Lipinski definition) is 5. The molecule has 0 radical (unpaired) electrons. The second-order valence-corrected chi connectivity index (χ2v) is 7.78. The van der Waals surface area contributed by atoms with Crippen molar-refractivity contribution in [1.82, 2.24) is 9.88 Å². The summed E-state index contributed by atoms with van der Waals surface area (Å²) in [5.41, 5.74) is 7.90. The number of carbonyl (C=O) groups is 1. The van der Waals surface area contributed by atoms with Crippen molar-refractivity contribution in [3.8, 4) is 22.6 Å². The zero-order valence-electron chi connectivity index (χ0n) is 17.2. The molecule has 1 atom stereocenters. The van der Waals surface area contributed by atoms with Gasteiger partial charge in [0.2, 0.25) is 11.5 Å². The molecule has 0 saturated heterocycles.